The lowest BCUT2D eigenvalue weighted by molar-refractivity contribution is -0.111. The van der Waals surface area contributed by atoms with Crippen LogP contribution in [0.25, 0.3) is 22.8 Å². The number of hydrogen-bond acceptors (Lipinski definition) is 3. The molecule has 1 N–H and O–H groups in total. The van der Waals surface area contributed by atoms with Gasteiger partial charge in [-0.05, 0) is 61.7 Å². The summed E-state index contributed by atoms with van der Waals surface area (Å²) in [6.07, 6.45) is 3.03. The summed E-state index contributed by atoms with van der Waals surface area (Å²) in [6.45, 7) is 5.92. The van der Waals surface area contributed by atoms with Crippen molar-refractivity contribution in [3.05, 3.63) is 88.9 Å². The van der Waals surface area contributed by atoms with Crippen molar-refractivity contribution in [1.82, 2.24) is 14.8 Å². The highest BCUT2D eigenvalue weighted by Gasteiger charge is 2.13. The number of pyridine rings is 1. The second-order valence-corrected chi connectivity index (χ2v) is 7.23. The van der Waals surface area contributed by atoms with Gasteiger partial charge >= 0.3 is 0 Å². The summed E-state index contributed by atoms with van der Waals surface area (Å²) < 4.78 is 14.6. The van der Waals surface area contributed by atoms with Crippen molar-refractivity contribution in [2.45, 2.75) is 20.8 Å². The quantitative estimate of drug-likeness (QED) is 0.483. The monoisotopic (exact) mass is 400 g/mol. The molecule has 0 saturated heterocycles. The van der Waals surface area contributed by atoms with Gasteiger partial charge in [-0.3, -0.25) is 4.79 Å². The minimum atomic E-state index is -0.315. The van der Waals surface area contributed by atoms with E-state index in [4.69, 9.17) is 4.98 Å². The molecule has 1 amide bonds. The van der Waals surface area contributed by atoms with Crippen LogP contribution in [0.1, 0.15) is 22.4 Å². The number of amides is 1. The predicted octanol–water partition coefficient (Wildman–Crippen LogP) is 5.14. The standard InChI is InChI=1S/C24H21FN4O/c1-15-5-4-6-20-16(2)13-21(27-24(15)20)29-22(14-17(3)28-29)26-23(30)12-9-18-7-10-19(25)11-8-18/h4-14H,1-3H3,(H,26,30)/b12-9+. The summed E-state index contributed by atoms with van der Waals surface area (Å²) in [4.78, 5) is 17.2. The molecule has 0 bridgehead atoms. The number of benzene rings is 2. The molecule has 150 valence electrons. The third-order valence-corrected chi connectivity index (χ3v) is 4.83. The summed E-state index contributed by atoms with van der Waals surface area (Å²) in [7, 11) is 0. The van der Waals surface area contributed by atoms with Crippen molar-refractivity contribution in [3.63, 3.8) is 0 Å². The Morgan fingerprint density at radius 3 is 2.57 bits per heavy atom. The van der Waals surface area contributed by atoms with Gasteiger partial charge in [0.2, 0.25) is 5.91 Å². The molecule has 4 rings (SSSR count). The Morgan fingerprint density at radius 2 is 1.80 bits per heavy atom. The smallest absolute Gasteiger partial charge is 0.249 e. The van der Waals surface area contributed by atoms with Crippen molar-refractivity contribution in [3.8, 4) is 5.82 Å². The first-order valence-electron chi connectivity index (χ1n) is 9.59. The van der Waals surface area contributed by atoms with Gasteiger partial charge in [0.15, 0.2) is 5.82 Å². The van der Waals surface area contributed by atoms with E-state index in [1.165, 1.54) is 18.2 Å². The third-order valence-electron chi connectivity index (χ3n) is 4.83. The number of anilines is 1. The molecule has 2 aromatic carbocycles. The number of nitrogens with zero attached hydrogens (tertiary/aromatic N) is 3. The molecule has 0 radical (unpaired) electrons. The largest absolute Gasteiger partial charge is 0.307 e. The van der Waals surface area contributed by atoms with Crippen LogP contribution in [-0.4, -0.2) is 20.7 Å². The topological polar surface area (TPSA) is 59.8 Å². The van der Waals surface area contributed by atoms with Gasteiger partial charge in [-0.1, -0.05) is 30.3 Å². The minimum absolute atomic E-state index is 0.311. The molecule has 0 aliphatic rings. The zero-order valence-electron chi connectivity index (χ0n) is 17.0. The van der Waals surface area contributed by atoms with Gasteiger partial charge < -0.3 is 5.32 Å². The Kier molecular flexibility index (Phi) is 5.14. The number of rotatable bonds is 4. The lowest BCUT2D eigenvalue weighted by atomic mass is 10.1. The Morgan fingerprint density at radius 1 is 1.03 bits per heavy atom. The van der Waals surface area contributed by atoms with Crippen molar-refractivity contribution >= 4 is 28.7 Å². The zero-order valence-corrected chi connectivity index (χ0v) is 17.0. The number of halogens is 1. The van der Waals surface area contributed by atoms with Crippen LogP contribution in [0.3, 0.4) is 0 Å². The van der Waals surface area contributed by atoms with Gasteiger partial charge in [0, 0.05) is 17.5 Å². The van der Waals surface area contributed by atoms with Crippen LogP contribution in [0.2, 0.25) is 0 Å². The Hall–Kier alpha value is -3.80. The lowest BCUT2D eigenvalue weighted by Gasteiger charge is -2.11. The van der Waals surface area contributed by atoms with Crippen molar-refractivity contribution in [2.24, 2.45) is 0 Å². The average molecular weight is 400 g/mol. The van der Waals surface area contributed by atoms with Crippen LogP contribution in [0.15, 0.2) is 60.7 Å². The second-order valence-electron chi connectivity index (χ2n) is 7.23. The van der Waals surface area contributed by atoms with Gasteiger partial charge in [-0.25, -0.2) is 9.37 Å². The molecule has 6 heteroatoms. The van der Waals surface area contributed by atoms with Gasteiger partial charge in [-0.2, -0.15) is 9.78 Å². The van der Waals surface area contributed by atoms with E-state index < -0.39 is 0 Å². The number of carbonyl (C=O) groups is 1. The highest BCUT2D eigenvalue weighted by molar-refractivity contribution is 6.01. The minimum Gasteiger partial charge on any atom is -0.307 e. The molecule has 0 unspecified atom stereocenters. The Bertz CT molecular complexity index is 1270. The summed E-state index contributed by atoms with van der Waals surface area (Å²) in [5.74, 6) is 0.542. The van der Waals surface area contributed by atoms with Crippen LogP contribution >= 0.6 is 0 Å². The molecule has 0 fully saturated rings. The van der Waals surface area contributed by atoms with Crippen LogP contribution in [-0.2, 0) is 4.79 Å². The number of carbonyl (C=O) groups excluding carboxylic acids is 1. The van der Waals surface area contributed by atoms with E-state index in [-0.39, 0.29) is 11.7 Å². The molecule has 2 aromatic heterocycles. The molecule has 0 spiro atoms. The molecule has 5 nitrogen and oxygen atoms in total. The van der Waals surface area contributed by atoms with Gasteiger partial charge in [-0.15, -0.1) is 0 Å². The summed E-state index contributed by atoms with van der Waals surface area (Å²) in [6, 6.07) is 15.8. The van der Waals surface area contributed by atoms with Crippen LogP contribution < -0.4 is 5.32 Å². The third kappa shape index (κ3) is 3.98. The maximum atomic E-state index is 13.0. The number of nitrogens with one attached hydrogen (secondary N) is 1. The van der Waals surface area contributed by atoms with Gasteiger partial charge in [0.25, 0.3) is 0 Å². The predicted molar refractivity (Wildman–Crippen MR) is 117 cm³/mol. The van der Waals surface area contributed by atoms with Crippen LogP contribution in [0.5, 0.6) is 0 Å². The molecule has 0 aliphatic heterocycles. The second kappa shape index (κ2) is 7.91. The first-order valence-corrected chi connectivity index (χ1v) is 9.59. The van der Waals surface area contributed by atoms with E-state index in [1.807, 2.05) is 45.0 Å². The lowest BCUT2D eigenvalue weighted by Crippen LogP contribution is -2.13. The van der Waals surface area contributed by atoms with E-state index in [1.54, 1.807) is 29.0 Å². The van der Waals surface area contributed by atoms with Gasteiger partial charge in [0.1, 0.15) is 11.6 Å². The van der Waals surface area contributed by atoms with Crippen molar-refractivity contribution in [2.75, 3.05) is 5.32 Å². The molecular weight excluding hydrogens is 379 g/mol. The van der Waals surface area contributed by atoms with E-state index in [0.717, 1.165) is 33.3 Å². The average Bonchev–Trinajstić information content (AvgIpc) is 3.08. The maximum absolute atomic E-state index is 13.0. The SMILES string of the molecule is Cc1cc(NC(=O)/C=C/c2ccc(F)cc2)n(-c2cc(C)c3cccc(C)c3n2)n1. The Balaban J connectivity index is 1.64. The highest BCUT2D eigenvalue weighted by atomic mass is 19.1. The number of fused-ring (bicyclic) bond motifs is 1. The van der Waals surface area contributed by atoms with Crippen LogP contribution in [0.4, 0.5) is 10.2 Å². The summed E-state index contributed by atoms with van der Waals surface area (Å²) in [5.41, 5.74) is 4.57. The number of aromatic nitrogens is 3. The van der Waals surface area contributed by atoms with E-state index in [0.29, 0.717) is 11.6 Å². The maximum Gasteiger partial charge on any atom is 0.249 e. The van der Waals surface area contributed by atoms with Crippen molar-refractivity contribution < 1.29 is 9.18 Å². The molecule has 0 atom stereocenters. The fraction of sp³-hybridized carbons (Fsp3) is 0.125. The highest BCUT2D eigenvalue weighted by Crippen LogP contribution is 2.24. The number of para-hydroxylation sites is 1. The number of aryl methyl sites for hydroxylation is 3. The fourth-order valence-electron chi connectivity index (χ4n) is 3.33. The zero-order chi connectivity index (χ0) is 21.3. The Labute approximate surface area is 173 Å². The molecule has 4 aromatic rings. The summed E-state index contributed by atoms with van der Waals surface area (Å²) >= 11 is 0. The molecule has 30 heavy (non-hydrogen) atoms. The van der Waals surface area contributed by atoms with E-state index in [2.05, 4.69) is 10.4 Å². The summed E-state index contributed by atoms with van der Waals surface area (Å²) in [5, 5.41) is 8.46. The first kappa shape index (κ1) is 19.5. The molecular formula is C24H21FN4O. The molecule has 0 saturated carbocycles. The van der Waals surface area contributed by atoms with Crippen LogP contribution in [0, 0.1) is 26.6 Å². The van der Waals surface area contributed by atoms with Gasteiger partial charge in [0.05, 0.1) is 11.2 Å². The molecule has 2 heterocycles. The molecule has 0 aliphatic carbocycles. The first-order chi connectivity index (χ1) is 14.4. The van der Waals surface area contributed by atoms with E-state index in [9.17, 15) is 9.18 Å². The number of hydrogen-bond donors (Lipinski definition) is 1. The normalized spacial score (nSPS) is 11.3. The van der Waals surface area contributed by atoms with E-state index >= 15 is 0 Å². The fourth-order valence-corrected chi connectivity index (χ4v) is 3.33. The van der Waals surface area contributed by atoms with Crippen molar-refractivity contribution in [1.29, 1.82) is 0 Å².